The van der Waals surface area contributed by atoms with Crippen LogP contribution < -0.4 is 5.32 Å². The van der Waals surface area contributed by atoms with Crippen LogP contribution in [0.5, 0.6) is 0 Å². The summed E-state index contributed by atoms with van der Waals surface area (Å²) in [5.41, 5.74) is 4.11. The lowest BCUT2D eigenvalue weighted by Gasteiger charge is -2.08. The lowest BCUT2D eigenvalue weighted by molar-refractivity contribution is 0.588. The zero-order valence-electron chi connectivity index (χ0n) is 11.0. The maximum Gasteiger partial charge on any atom is 0.0375 e. The summed E-state index contributed by atoms with van der Waals surface area (Å²) in [4.78, 5) is 1.38. The molecule has 0 saturated carbocycles. The predicted octanol–water partition coefficient (Wildman–Crippen LogP) is 4.98. The molecule has 0 radical (unpaired) electrons. The number of halogens is 1. The third-order valence-electron chi connectivity index (χ3n) is 2.95. The molecule has 1 aromatic heterocycles. The van der Waals surface area contributed by atoms with Gasteiger partial charge in [0.25, 0.3) is 0 Å². The number of hydrogen-bond donors (Lipinski definition) is 1. The Bertz CT molecular complexity index is 514. The van der Waals surface area contributed by atoms with Gasteiger partial charge in [0.05, 0.1) is 0 Å². The number of rotatable bonds is 4. The maximum atomic E-state index is 3.48. The molecule has 0 amide bonds. The standard InChI is InChI=1S/C15H18BrNS/c1-10(2)17-8-13-9-18-15(11(13)3)12-4-6-14(16)7-5-12/h4-7,9-10,17H,8H2,1-3H3. The zero-order chi connectivity index (χ0) is 13.1. The Morgan fingerprint density at radius 2 is 1.89 bits per heavy atom. The Labute approximate surface area is 121 Å². The topological polar surface area (TPSA) is 12.0 Å². The molecule has 2 aromatic rings. The highest BCUT2D eigenvalue weighted by molar-refractivity contribution is 9.10. The minimum absolute atomic E-state index is 0.528. The molecule has 1 N–H and O–H groups in total. The smallest absolute Gasteiger partial charge is 0.0375 e. The van der Waals surface area contributed by atoms with E-state index in [1.54, 1.807) is 0 Å². The molecule has 0 unspecified atom stereocenters. The minimum Gasteiger partial charge on any atom is -0.310 e. The molecule has 0 atom stereocenters. The summed E-state index contributed by atoms with van der Waals surface area (Å²) < 4.78 is 1.13. The molecule has 1 aromatic carbocycles. The monoisotopic (exact) mass is 323 g/mol. The van der Waals surface area contributed by atoms with Crippen molar-refractivity contribution in [2.45, 2.75) is 33.4 Å². The average molecular weight is 324 g/mol. The van der Waals surface area contributed by atoms with E-state index in [9.17, 15) is 0 Å². The van der Waals surface area contributed by atoms with E-state index in [0.717, 1.165) is 11.0 Å². The molecule has 3 heteroatoms. The summed E-state index contributed by atoms with van der Waals surface area (Å²) >= 11 is 5.31. The molecule has 0 fully saturated rings. The SMILES string of the molecule is Cc1c(CNC(C)C)csc1-c1ccc(Br)cc1. The van der Waals surface area contributed by atoms with E-state index in [4.69, 9.17) is 0 Å². The molecule has 0 bridgehead atoms. The number of thiophene rings is 1. The van der Waals surface area contributed by atoms with Crippen molar-refractivity contribution in [3.8, 4) is 10.4 Å². The normalized spacial score (nSPS) is 11.2. The van der Waals surface area contributed by atoms with E-state index in [1.165, 1.54) is 21.6 Å². The van der Waals surface area contributed by atoms with Gasteiger partial charge in [0.15, 0.2) is 0 Å². The van der Waals surface area contributed by atoms with E-state index in [-0.39, 0.29) is 0 Å². The first-order chi connectivity index (χ1) is 8.58. The summed E-state index contributed by atoms with van der Waals surface area (Å²) in [7, 11) is 0. The molecule has 2 rings (SSSR count). The maximum absolute atomic E-state index is 3.48. The summed E-state index contributed by atoms with van der Waals surface area (Å²) in [5.74, 6) is 0. The van der Waals surface area contributed by atoms with Crippen LogP contribution in [-0.2, 0) is 6.54 Å². The second-order valence-corrected chi connectivity index (χ2v) is 6.55. The number of nitrogens with one attached hydrogen (secondary N) is 1. The third-order valence-corrected chi connectivity index (χ3v) is 4.66. The Kier molecular flexibility index (Phi) is 4.60. The van der Waals surface area contributed by atoms with Gasteiger partial charge < -0.3 is 5.32 Å². The molecule has 0 aliphatic rings. The lowest BCUT2D eigenvalue weighted by atomic mass is 10.1. The highest BCUT2D eigenvalue weighted by Crippen LogP contribution is 2.32. The Hall–Kier alpha value is -0.640. The van der Waals surface area contributed by atoms with Crippen molar-refractivity contribution in [3.63, 3.8) is 0 Å². The number of benzene rings is 1. The molecule has 0 saturated heterocycles. The summed E-state index contributed by atoms with van der Waals surface area (Å²) in [6.07, 6.45) is 0. The first-order valence-electron chi connectivity index (χ1n) is 6.14. The van der Waals surface area contributed by atoms with Gasteiger partial charge >= 0.3 is 0 Å². The highest BCUT2D eigenvalue weighted by atomic mass is 79.9. The molecular weight excluding hydrogens is 306 g/mol. The largest absolute Gasteiger partial charge is 0.310 e. The number of hydrogen-bond acceptors (Lipinski definition) is 2. The van der Waals surface area contributed by atoms with Crippen LogP contribution in [0.3, 0.4) is 0 Å². The van der Waals surface area contributed by atoms with Crippen molar-refractivity contribution in [1.82, 2.24) is 5.32 Å². The quantitative estimate of drug-likeness (QED) is 0.836. The van der Waals surface area contributed by atoms with Crippen molar-refractivity contribution in [1.29, 1.82) is 0 Å². The van der Waals surface area contributed by atoms with Crippen LogP contribution in [0.15, 0.2) is 34.1 Å². The minimum atomic E-state index is 0.528. The van der Waals surface area contributed by atoms with Crippen LogP contribution in [0.25, 0.3) is 10.4 Å². The van der Waals surface area contributed by atoms with E-state index in [1.807, 2.05) is 11.3 Å². The summed E-state index contributed by atoms with van der Waals surface area (Å²) in [5, 5.41) is 5.74. The van der Waals surface area contributed by atoms with E-state index >= 15 is 0 Å². The molecule has 0 spiro atoms. The van der Waals surface area contributed by atoms with Gasteiger partial charge in [-0.25, -0.2) is 0 Å². The third kappa shape index (κ3) is 3.22. The second-order valence-electron chi connectivity index (χ2n) is 4.76. The molecule has 1 heterocycles. The zero-order valence-corrected chi connectivity index (χ0v) is 13.4. The van der Waals surface area contributed by atoms with Gasteiger partial charge in [-0.05, 0) is 41.1 Å². The van der Waals surface area contributed by atoms with Gasteiger partial charge in [0.1, 0.15) is 0 Å². The Morgan fingerprint density at radius 1 is 1.22 bits per heavy atom. The summed E-state index contributed by atoms with van der Waals surface area (Å²) in [6, 6.07) is 9.06. The molecule has 0 aliphatic carbocycles. The first-order valence-corrected chi connectivity index (χ1v) is 7.81. The molecule has 96 valence electrons. The van der Waals surface area contributed by atoms with Crippen molar-refractivity contribution < 1.29 is 0 Å². The van der Waals surface area contributed by atoms with Gasteiger partial charge in [-0.2, -0.15) is 0 Å². The lowest BCUT2D eigenvalue weighted by Crippen LogP contribution is -2.21. The molecule has 0 aliphatic heterocycles. The molecule has 1 nitrogen and oxygen atoms in total. The van der Waals surface area contributed by atoms with Crippen molar-refractivity contribution in [3.05, 3.63) is 45.2 Å². The predicted molar refractivity (Wildman–Crippen MR) is 84.2 cm³/mol. The second kappa shape index (κ2) is 6.00. The fourth-order valence-corrected chi connectivity index (χ4v) is 3.19. The van der Waals surface area contributed by atoms with Gasteiger partial charge in [-0.15, -0.1) is 11.3 Å². The van der Waals surface area contributed by atoms with Gasteiger partial charge in [0, 0.05) is 21.9 Å². The first kappa shape index (κ1) is 13.8. The fourth-order valence-electron chi connectivity index (χ4n) is 1.83. The van der Waals surface area contributed by atoms with Crippen molar-refractivity contribution in [2.75, 3.05) is 0 Å². The fraction of sp³-hybridized carbons (Fsp3) is 0.333. The molecular formula is C15H18BrNS. The van der Waals surface area contributed by atoms with E-state index in [0.29, 0.717) is 6.04 Å². The van der Waals surface area contributed by atoms with E-state index in [2.05, 4.69) is 71.7 Å². The van der Waals surface area contributed by atoms with Crippen LogP contribution in [0.1, 0.15) is 25.0 Å². The van der Waals surface area contributed by atoms with Crippen LogP contribution in [0.2, 0.25) is 0 Å². The van der Waals surface area contributed by atoms with Gasteiger partial charge in [0.2, 0.25) is 0 Å². The van der Waals surface area contributed by atoms with Gasteiger partial charge in [-0.3, -0.25) is 0 Å². The summed E-state index contributed by atoms with van der Waals surface area (Å²) in [6.45, 7) is 7.52. The van der Waals surface area contributed by atoms with Gasteiger partial charge in [-0.1, -0.05) is 41.9 Å². The van der Waals surface area contributed by atoms with E-state index < -0.39 is 0 Å². The van der Waals surface area contributed by atoms with Crippen LogP contribution in [0.4, 0.5) is 0 Å². The van der Waals surface area contributed by atoms with Crippen LogP contribution in [-0.4, -0.2) is 6.04 Å². The van der Waals surface area contributed by atoms with Crippen LogP contribution >= 0.6 is 27.3 Å². The van der Waals surface area contributed by atoms with Crippen LogP contribution in [0, 0.1) is 6.92 Å². The Balaban J connectivity index is 2.22. The average Bonchev–Trinajstić information content (AvgIpc) is 2.69. The Morgan fingerprint density at radius 3 is 2.50 bits per heavy atom. The molecule has 18 heavy (non-hydrogen) atoms. The highest BCUT2D eigenvalue weighted by Gasteiger charge is 2.09. The van der Waals surface area contributed by atoms with Crippen molar-refractivity contribution >= 4 is 27.3 Å². The van der Waals surface area contributed by atoms with Crippen molar-refractivity contribution in [2.24, 2.45) is 0 Å².